The van der Waals surface area contributed by atoms with Gasteiger partial charge < -0.3 is 18.9 Å². The molecule has 0 aliphatic carbocycles. The van der Waals surface area contributed by atoms with Crippen molar-refractivity contribution in [3.8, 4) is 0 Å². The Morgan fingerprint density at radius 2 is 1.04 bits per heavy atom. The molecule has 0 aliphatic heterocycles. The molecule has 0 bridgehead atoms. The van der Waals surface area contributed by atoms with Gasteiger partial charge >= 0.3 is 19.8 Å². The van der Waals surface area contributed by atoms with Gasteiger partial charge in [0.05, 0.1) is 27.7 Å². The molecule has 0 amide bonds. The number of ether oxygens (including phenoxy) is 2. The van der Waals surface area contributed by atoms with Crippen LogP contribution in [0.15, 0.2) is 12.2 Å². The number of quaternary nitrogens is 1. The van der Waals surface area contributed by atoms with E-state index in [1.54, 1.807) is 0 Å². The van der Waals surface area contributed by atoms with E-state index in [9.17, 15) is 19.0 Å². The van der Waals surface area contributed by atoms with E-state index in [1.807, 2.05) is 21.1 Å². The van der Waals surface area contributed by atoms with Gasteiger partial charge in [-0.25, -0.2) is 4.57 Å². The summed E-state index contributed by atoms with van der Waals surface area (Å²) in [6.07, 6.45) is 31.4. The molecule has 0 spiro atoms. The van der Waals surface area contributed by atoms with Crippen LogP contribution in [0.5, 0.6) is 0 Å². The molecule has 0 heterocycles. The SMILES string of the molecule is CCCCCCCC/C=C\CCCCCCCCCCCC(=O)OC(COC(=O)CCCCCCCC)COP(=O)(O)OCC[N+](C)(C)C. The third-order valence-electron chi connectivity index (χ3n) is 8.55. The standard InChI is InChI=1S/C39H76NO8P/c1-6-8-10-12-14-15-16-17-18-19-20-21-22-23-24-25-26-28-30-32-39(42)48-37(35-45-38(41)31-29-27-13-11-9-7-2)36-47-49(43,44)46-34-33-40(3,4)5/h17-18,37H,6-16,19-36H2,1-5H3/p+1/b18-17-. The van der Waals surface area contributed by atoms with Crippen LogP contribution < -0.4 is 0 Å². The van der Waals surface area contributed by atoms with E-state index in [2.05, 4.69) is 26.0 Å². The summed E-state index contributed by atoms with van der Waals surface area (Å²) in [6.45, 7) is 4.35. The zero-order chi connectivity index (χ0) is 36.5. The Hall–Kier alpha value is -1.25. The molecular formula is C39H77NO8P+. The monoisotopic (exact) mass is 719 g/mol. The van der Waals surface area contributed by atoms with E-state index in [0.29, 0.717) is 17.4 Å². The lowest BCUT2D eigenvalue weighted by Gasteiger charge is -2.24. The first-order chi connectivity index (χ1) is 23.5. The van der Waals surface area contributed by atoms with Crippen LogP contribution in [0.25, 0.3) is 0 Å². The maximum Gasteiger partial charge on any atom is 0.472 e. The van der Waals surface area contributed by atoms with Crippen LogP contribution >= 0.6 is 7.82 Å². The van der Waals surface area contributed by atoms with Gasteiger partial charge in [-0.15, -0.1) is 0 Å². The van der Waals surface area contributed by atoms with Crippen molar-refractivity contribution < 1.29 is 42.1 Å². The molecular weight excluding hydrogens is 641 g/mol. The highest BCUT2D eigenvalue weighted by Crippen LogP contribution is 2.43. The molecule has 9 nitrogen and oxygen atoms in total. The van der Waals surface area contributed by atoms with Crippen molar-refractivity contribution in [2.45, 2.75) is 180 Å². The first kappa shape index (κ1) is 47.8. The Balaban J connectivity index is 4.24. The number of phosphoric ester groups is 1. The van der Waals surface area contributed by atoms with Gasteiger partial charge in [0.1, 0.15) is 19.8 Å². The van der Waals surface area contributed by atoms with Crippen molar-refractivity contribution in [2.24, 2.45) is 0 Å². The number of nitrogens with zero attached hydrogens (tertiary/aromatic N) is 1. The van der Waals surface area contributed by atoms with Crippen LogP contribution in [-0.4, -0.2) is 74.9 Å². The summed E-state index contributed by atoms with van der Waals surface area (Å²) in [5, 5.41) is 0. The maximum absolute atomic E-state index is 12.6. The highest BCUT2D eigenvalue weighted by Gasteiger charge is 2.27. The lowest BCUT2D eigenvalue weighted by Crippen LogP contribution is -2.37. The number of hydrogen-bond acceptors (Lipinski definition) is 7. The predicted octanol–water partition coefficient (Wildman–Crippen LogP) is 10.6. The Bertz CT molecular complexity index is 860. The lowest BCUT2D eigenvalue weighted by molar-refractivity contribution is -0.870. The number of likely N-dealkylation sites (N-methyl/N-ethyl adjacent to an activating group) is 1. The van der Waals surface area contributed by atoms with E-state index >= 15 is 0 Å². The minimum atomic E-state index is -4.36. The fourth-order valence-electron chi connectivity index (χ4n) is 5.36. The number of unbranched alkanes of at least 4 members (excludes halogenated alkanes) is 20. The maximum atomic E-state index is 12.6. The number of rotatable bonds is 36. The van der Waals surface area contributed by atoms with Crippen molar-refractivity contribution in [3.05, 3.63) is 12.2 Å². The van der Waals surface area contributed by atoms with Crippen LogP contribution in [0, 0.1) is 0 Å². The Morgan fingerprint density at radius 1 is 0.612 bits per heavy atom. The summed E-state index contributed by atoms with van der Waals surface area (Å²) in [4.78, 5) is 35.0. The van der Waals surface area contributed by atoms with E-state index in [-0.39, 0.29) is 32.0 Å². The number of carbonyl (C=O) groups is 2. The van der Waals surface area contributed by atoms with Crippen molar-refractivity contribution in [1.29, 1.82) is 0 Å². The number of allylic oxidation sites excluding steroid dienone is 2. The van der Waals surface area contributed by atoms with Crippen LogP contribution in [0.4, 0.5) is 0 Å². The van der Waals surface area contributed by atoms with E-state index < -0.39 is 26.5 Å². The smallest absolute Gasteiger partial charge is 0.462 e. The molecule has 2 atom stereocenters. The number of esters is 2. The molecule has 0 fully saturated rings. The molecule has 0 aromatic carbocycles. The Kier molecular flexibility index (Phi) is 31.8. The fraction of sp³-hybridized carbons (Fsp3) is 0.897. The van der Waals surface area contributed by atoms with Gasteiger partial charge in [-0.3, -0.25) is 18.6 Å². The Labute approximate surface area is 301 Å². The summed E-state index contributed by atoms with van der Waals surface area (Å²) >= 11 is 0. The van der Waals surface area contributed by atoms with Crippen LogP contribution in [0.2, 0.25) is 0 Å². The minimum Gasteiger partial charge on any atom is -0.462 e. The van der Waals surface area contributed by atoms with Crippen molar-refractivity contribution in [2.75, 3.05) is 47.5 Å². The highest BCUT2D eigenvalue weighted by atomic mass is 31.2. The van der Waals surface area contributed by atoms with Gasteiger partial charge in [-0.1, -0.05) is 135 Å². The minimum absolute atomic E-state index is 0.0337. The first-order valence-electron chi connectivity index (χ1n) is 19.9. The summed E-state index contributed by atoms with van der Waals surface area (Å²) in [5.41, 5.74) is 0. The summed E-state index contributed by atoms with van der Waals surface area (Å²) in [5.74, 6) is -0.807. The molecule has 0 saturated carbocycles. The van der Waals surface area contributed by atoms with Crippen LogP contribution in [0.1, 0.15) is 174 Å². The van der Waals surface area contributed by atoms with Gasteiger partial charge in [0, 0.05) is 12.8 Å². The number of hydrogen-bond donors (Lipinski definition) is 1. The molecule has 0 aromatic rings. The van der Waals surface area contributed by atoms with Crippen molar-refractivity contribution >= 4 is 19.8 Å². The lowest BCUT2D eigenvalue weighted by atomic mass is 10.1. The van der Waals surface area contributed by atoms with Gasteiger partial charge in [0.15, 0.2) is 6.10 Å². The molecule has 290 valence electrons. The topological polar surface area (TPSA) is 108 Å². The quantitative estimate of drug-likeness (QED) is 0.0224. The van der Waals surface area contributed by atoms with Gasteiger partial charge in [0.2, 0.25) is 0 Å². The zero-order valence-corrected chi connectivity index (χ0v) is 33.3. The average molecular weight is 719 g/mol. The molecule has 1 N–H and O–H groups in total. The van der Waals surface area contributed by atoms with E-state index in [0.717, 1.165) is 44.9 Å². The van der Waals surface area contributed by atoms with Gasteiger partial charge in [-0.2, -0.15) is 0 Å². The van der Waals surface area contributed by atoms with Gasteiger partial charge in [0.25, 0.3) is 0 Å². The third-order valence-corrected chi connectivity index (χ3v) is 9.53. The number of phosphoric acid groups is 1. The van der Waals surface area contributed by atoms with Crippen molar-refractivity contribution in [3.63, 3.8) is 0 Å². The summed E-state index contributed by atoms with van der Waals surface area (Å²) < 4.78 is 34.0. The third kappa shape index (κ3) is 36.3. The average Bonchev–Trinajstić information content (AvgIpc) is 3.04. The molecule has 0 rings (SSSR count). The predicted molar refractivity (Wildman–Crippen MR) is 201 cm³/mol. The van der Waals surface area contributed by atoms with Crippen molar-refractivity contribution in [1.82, 2.24) is 0 Å². The summed E-state index contributed by atoms with van der Waals surface area (Å²) in [6, 6.07) is 0. The Morgan fingerprint density at radius 3 is 1.51 bits per heavy atom. The highest BCUT2D eigenvalue weighted by molar-refractivity contribution is 7.47. The fourth-order valence-corrected chi connectivity index (χ4v) is 6.10. The van der Waals surface area contributed by atoms with Crippen LogP contribution in [-0.2, 0) is 32.7 Å². The zero-order valence-electron chi connectivity index (χ0n) is 32.4. The molecule has 0 aliphatic rings. The molecule has 2 unspecified atom stereocenters. The second-order valence-electron chi connectivity index (χ2n) is 14.7. The van der Waals surface area contributed by atoms with E-state index in [4.69, 9.17) is 18.5 Å². The summed E-state index contributed by atoms with van der Waals surface area (Å²) in [7, 11) is 1.48. The molecule has 10 heteroatoms. The molecule has 49 heavy (non-hydrogen) atoms. The molecule has 0 saturated heterocycles. The normalized spacial score (nSPS) is 13.8. The molecule has 0 aromatic heterocycles. The van der Waals surface area contributed by atoms with Gasteiger partial charge in [-0.05, 0) is 38.5 Å². The van der Waals surface area contributed by atoms with E-state index in [1.165, 1.54) is 96.3 Å². The second kappa shape index (κ2) is 32.6. The van der Waals surface area contributed by atoms with Crippen LogP contribution in [0.3, 0.4) is 0 Å². The second-order valence-corrected chi connectivity index (χ2v) is 16.1. The number of carbonyl (C=O) groups excluding carboxylic acids is 2. The largest absolute Gasteiger partial charge is 0.472 e. The molecule has 0 radical (unpaired) electrons. The first-order valence-corrected chi connectivity index (χ1v) is 21.4.